The van der Waals surface area contributed by atoms with Crippen LogP contribution in [0.3, 0.4) is 0 Å². The summed E-state index contributed by atoms with van der Waals surface area (Å²) < 4.78 is 32.9. The molecule has 1 aromatic heterocycles. The highest BCUT2D eigenvalue weighted by Gasteiger charge is 2.34. The Bertz CT molecular complexity index is 837. The van der Waals surface area contributed by atoms with Crippen LogP contribution in [0.5, 0.6) is 5.88 Å². The Hall–Kier alpha value is -1.63. The van der Waals surface area contributed by atoms with Crippen LogP contribution in [-0.2, 0) is 10.0 Å². The molecular formula is C17H19ClN2O3S. The van der Waals surface area contributed by atoms with Gasteiger partial charge in [0, 0.05) is 23.8 Å². The number of hydrogen-bond acceptors (Lipinski definition) is 4. The van der Waals surface area contributed by atoms with Crippen LogP contribution in [0, 0.1) is 13.8 Å². The molecule has 1 atom stereocenters. The molecule has 2 aromatic rings. The Morgan fingerprint density at radius 3 is 2.75 bits per heavy atom. The molecule has 1 unspecified atom stereocenters. The number of aryl methyl sites for hydroxylation is 1. The van der Waals surface area contributed by atoms with Crippen molar-refractivity contribution in [1.82, 2.24) is 9.29 Å². The molecule has 1 saturated heterocycles. The Labute approximate surface area is 147 Å². The lowest BCUT2D eigenvalue weighted by atomic mass is 10.2. The fourth-order valence-electron chi connectivity index (χ4n) is 2.71. The molecule has 24 heavy (non-hydrogen) atoms. The van der Waals surface area contributed by atoms with Gasteiger partial charge in [-0.3, -0.25) is 0 Å². The van der Waals surface area contributed by atoms with E-state index in [0.717, 1.165) is 5.56 Å². The van der Waals surface area contributed by atoms with Gasteiger partial charge in [0.1, 0.15) is 6.10 Å². The van der Waals surface area contributed by atoms with E-state index in [1.165, 1.54) is 4.31 Å². The lowest BCUT2D eigenvalue weighted by Gasteiger charge is -2.18. The van der Waals surface area contributed by atoms with E-state index in [1.807, 2.05) is 13.0 Å². The van der Waals surface area contributed by atoms with Crippen molar-refractivity contribution in [3.63, 3.8) is 0 Å². The molecule has 3 rings (SSSR count). The second-order valence-corrected chi connectivity index (χ2v) is 8.24. The summed E-state index contributed by atoms with van der Waals surface area (Å²) in [5, 5.41) is 0.451. The molecule has 1 aromatic carbocycles. The first kappa shape index (κ1) is 17.2. The molecule has 1 fully saturated rings. The Balaban J connectivity index is 1.74. The summed E-state index contributed by atoms with van der Waals surface area (Å²) in [6, 6.07) is 8.65. The Kier molecular flexibility index (Phi) is 4.80. The smallest absolute Gasteiger partial charge is 0.243 e. The van der Waals surface area contributed by atoms with Crippen molar-refractivity contribution in [3.8, 4) is 5.88 Å². The molecule has 0 radical (unpaired) electrons. The fraction of sp³-hybridized carbons (Fsp3) is 0.353. The number of ether oxygens (including phenoxy) is 1. The third kappa shape index (κ3) is 3.41. The zero-order valence-corrected chi connectivity index (χ0v) is 15.1. The fourth-order valence-corrected chi connectivity index (χ4v) is 4.68. The van der Waals surface area contributed by atoms with Gasteiger partial charge in [-0.1, -0.05) is 23.7 Å². The number of rotatable bonds is 4. The van der Waals surface area contributed by atoms with Crippen LogP contribution in [0.1, 0.15) is 17.5 Å². The molecule has 0 bridgehead atoms. The number of nitrogens with zero attached hydrogens (tertiary/aromatic N) is 2. The van der Waals surface area contributed by atoms with Crippen molar-refractivity contribution >= 4 is 21.6 Å². The zero-order valence-electron chi connectivity index (χ0n) is 13.6. The third-order valence-electron chi connectivity index (χ3n) is 4.12. The van der Waals surface area contributed by atoms with Gasteiger partial charge in [0.25, 0.3) is 0 Å². The molecule has 1 aliphatic heterocycles. The van der Waals surface area contributed by atoms with E-state index in [-0.39, 0.29) is 11.0 Å². The topological polar surface area (TPSA) is 59.5 Å². The summed E-state index contributed by atoms with van der Waals surface area (Å²) in [4.78, 5) is 4.46. The van der Waals surface area contributed by atoms with Gasteiger partial charge in [-0.2, -0.15) is 4.31 Å². The van der Waals surface area contributed by atoms with Crippen LogP contribution in [-0.4, -0.2) is 36.9 Å². The minimum Gasteiger partial charge on any atom is -0.473 e. The number of hydrogen-bond donors (Lipinski definition) is 0. The molecule has 0 N–H and O–H groups in total. The molecule has 0 amide bonds. The minimum atomic E-state index is -3.58. The maximum atomic E-state index is 12.8. The summed E-state index contributed by atoms with van der Waals surface area (Å²) in [6.07, 6.45) is 2.16. The van der Waals surface area contributed by atoms with Crippen LogP contribution in [0.2, 0.25) is 5.02 Å². The molecule has 2 heterocycles. The maximum Gasteiger partial charge on any atom is 0.243 e. The van der Waals surface area contributed by atoms with Gasteiger partial charge in [-0.25, -0.2) is 13.4 Å². The second-order valence-electron chi connectivity index (χ2n) is 5.93. The van der Waals surface area contributed by atoms with Crippen molar-refractivity contribution in [3.05, 3.63) is 52.7 Å². The SMILES string of the molecule is Cc1ccc(OC2CCN(S(=O)(=O)c3cccc(Cl)c3C)C2)nc1. The molecule has 0 aliphatic carbocycles. The van der Waals surface area contributed by atoms with Crippen LogP contribution in [0.15, 0.2) is 41.4 Å². The van der Waals surface area contributed by atoms with E-state index in [4.69, 9.17) is 16.3 Å². The molecule has 128 valence electrons. The Morgan fingerprint density at radius 1 is 1.25 bits per heavy atom. The van der Waals surface area contributed by atoms with Crippen LogP contribution >= 0.6 is 11.6 Å². The first-order valence-corrected chi connectivity index (χ1v) is 9.54. The molecule has 0 saturated carbocycles. The first-order chi connectivity index (χ1) is 11.4. The van der Waals surface area contributed by atoms with Crippen LogP contribution in [0.4, 0.5) is 0 Å². The van der Waals surface area contributed by atoms with Gasteiger partial charge in [0.15, 0.2) is 0 Å². The minimum absolute atomic E-state index is 0.200. The summed E-state index contributed by atoms with van der Waals surface area (Å²) in [6.45, 7) is 4.40. The van der Waals surface area contributed by atoms with Crippen molar-refractivity contribution in [2.45, 2.75) is 31.3 Å². The number of halogens is 1. The highest BCUT2D eigenvalue weighted by atomic mass is 35.5. The highest BCUT2D eigenvalue weighted by Crippen LogP contribution is 2.28. The van der Waals surface area contributed by atoms with Gasteiger partial charge in [0.05, 0.1) is 11.4 Å². The number of aromatic nitrogens is 1. The largest absolute Gasteiger partial charge is 0.473 e. The van der Waals surface area contributed by atoms with E-state index < -0.39 is 10.0 Å². The van der Waals surface area contributed by atoms with E-state index in [0.29, 0.717) is 36.0 Å². The van der Waals surface area contributed by atoms with Crippen molar-refractivity contribution in [2.75, 3.05) is 13.1 Å². The maximum absolute atomic E-state index is 12.8. The molecule has 5 nitrogen and oxygen atoms in total. The lowest BCUT2D eigenvalue weighted by molar-refractivity contribution is 0.207. The molecule has 0 spiro atoms. The van der Waals surface area contributed by atoms with Crippen molar-refractivity contribution in [2.24, 2.45) is 0 Å². The number of benzene rings is 1. The standard InChI is InChI=1S/C17H19ClN2O3S/c1-12-6-7-17(19-10-12)23-14-8-9-20(11-14)24(21,22)16-5-3-4-15(18)13(16)2/h3-7,10,14H,8-9,11H2,1-2H3. The van der Waals surface area contributed by atoms with E-state index >= 15 is 0 Å². The average Bonchev–Trinajstić information content (AvgIpc) is 3.01. The predicted molar refractivity (Wildman–Crippen MR) is 93.0 cm³/mol. The molecule has 7 heteroatoms. The quantitative estimate of drug-likeness (QED) is 0.833. The van der Waals surface area contributed by atoms with E-state index in [2.05, 4.69) is 4.98 Å². The second kappa shape index (κ2) is 6.70. The monoisotopic (exact) mass is 366 g/mol. The first-order valence-electron chi connectivity index (χ1n) is 7.72. The van der Waals surface area contributed by atoms with Gasteiger partial charge in [-0.05, 0) is 43.5 Å². The molecular weight excluding hydrogens is 348 g/mol. The predicted octanol–water partition coefficient (Wildman–Crippen LogP) is 3.19. The summed E-state index contributed by atoms with van der Waals surface area (Å²) in [5.41, 5.74) is 1.62. The Morgan fingerprint density at radius 2 is 2.04 bits per heavy atom. The number of sulfonamides is 1. The lowest BCUT2D eigenvalue weighted by Crippen LogP contribution is -2.31. The van der Waals surface area contributed by atoms with Crippen LogP contribution < -0.4 is 4.74 Å². The summed E-state index contributed by atoms with van der Waals surface area (Å²) in [5.74, 6) is 0.517. The highest BCUT2D eigenvalue weighted by molar-refractivity contribution is 7.89. The van der Waals surface area contributed by atoms with Gasteiger partial charge >= 0.3 is 0 Å². The number of pyridine rings is 1. The average molecular weight is 367 g/mol. The van der Waals surface area contributed by atoms with E-state index in [1.54, 1.807) is 37.4 Å². The van der Waals surface area contributed by atoms with Gasteiger partial charge < -0.3 is 4.74 Å². The summed E-state index contributed by atoms with van der Waals surface area (Å²) >= 11 is 6.06. The third-order valence-corrected chi connectivity index (χ3v) is 6.53. The molecule has 1 aliphatic rings. The zero-order chi connectivity index (χ0) is 17.3. The summed E-state index contributed by atoms with van der Waals surface area (Å²) in [7, 11) is -3.58. The van der Waals surface area contributed by atoms with Crippen LogP contribution in [0.25, 0.3) is 0 Å². The van der Waals surface area contributed by atoms with E-state index in [9.17, 15) is 8.42 Å². The van der Waals surface area contributed by atoms with Crippen molar-refractivity contribution in [1.29, 1.82) is 0 Å². The van der Waals surface area contributed by atoms with Crippen molar-refractivity contribution < 1.29 is 13.2 Å². The van der Waals surface area contributed by atoms with Gasteiger partial charge in [-0.15, -0.1) is 0 Å². The van der Waals surface area contributed by atoms with Gasteiger partial charge in [0.2, 0.25) is 15.9 Å². The normalized spacial score (nSPS) is 18.7.